The molecule has 94 valence electrons. The maximum Gasteiger partial charge on any atom is 0.414 e. The number of amides is 1. The predicted octanol–water partition coefficient (Wildman–Crippen LogP) is 1.68. The molecule has 1 heterocycles. The average Bonchev–Trinajstić information content (AvgIpc) is 2.13. The summed E-state index contributed by atoms with van der Waals surface area (Å²) in [6.07, 6.45) is -0.0266. The molecule has 6 heteroatoms. The first kappa shape index (κ1) is 13.2. The molecule has 1 rings (SSSR count). The highest BCUT2D eigenvalue weighted by atomic mass is 16.6. The first-order chi connectivity index (χ1) is 7.80. The van der Waals surface area contributed by atoms with E-state index in [1.807, 2.05) is 6.92 Å². The van der Waals surface area contributed by atoms with Crippen LogP contribution < -0.4 is 10.9 Å². The Morgan fingerprint density at radius 1 is 1.53 bits per heavy atom. The van der Waals surface area contributed by atoms with Gasteiger partial charge in [0, 0.05) is 11.8 Å². The predicted molar refractivity (Wildman–Crippen MR) is 64.1 cm³/mol. The van der Waals surface area contributed by atoms with Crippen LogP contribution in [0.15, 0.2) is 10.9 Å². The van der Waals surface area contributed by atoms with Gasteiger partial charge in [-0.05, 0) is 27.2 Å². The number of hydrogen-bond donors (Lipinski definition) is 2. The number of nitrogens with zero attached hydrogens (tertiary/aromatic N) is 1. The molecule has 1 aromatic rings. The first-order valence-electron chi connectivity index (χ1n) is 5.40. The van der Waals surface area contributed by atoms with E-state index in [4.69, 9.17) is 4.74 Å². The lowest BCUT2D eigenvalue weighted by Crippen LogP contribution is -2.28. The molecule has 0 unspecified atom stereocenters. The van der Waals surface area contributed by atoms with Crippen LogP contribution in [0.4, 0.5) is 10.7 Å². The van der Waals surface area contributed by atoms with E-state index < -0.39 is 11.7 Å². The van der Waals surface area contributed by atoms with Gasteiger partial charge in [0.25, 0.3) is 5.56 Å². The summed E-state index contributed by atoms with van der Waals surface area (Å²) in [7, 11) is 0. The Bertz CT molecular complexity index is 460. The van der Waals surface area contributed by atoms with Crippen LogP contribution in [0.3, 0.4) is 0 Å². The van der Waals surface area contributed by atoms with Crippen molar-refractivity contribution in [2.75, 3.05) is 5.32 Å². The van der Waals surface area contributed by atoms with Gasteiger partial charge < -0.3 is 4.74 Å². The van der Waals surface area contributed by atoms with E-state index in [2.05, 4.69) is 15.3 Å². The standard InChI is InChI=1S/C11H17N3O3/c1-5-7-6-8(15)13-9(12-7)14-10(16)17-11(2,3)4/h6H,5H2,1-4H3,(H2,12,13,14,15,16). The number of aromatic nitrogens is 2. The summed E-state index contributed by atoms with van der Waals surface area (Å²) in [4.78, 5) is 29.2. The molecule has 0 atom stereocenters. The Hall–Kier alpha value is -1.85. The van der Waals surface area contributed by atoms with Crippen molar-refractivity contribution in [2.24, 2.45) is 0 Å². The fraction of sp³-hybridized carbons (Fsp3) is 0.545. The van der Waals surface area contributed by atoms with E-state index in [1.54, 1.807) is 20.8 Å². The lowest BCUT2D eigenvalue weighted by molar-refractivity contribution is 0.0634. The summed E-state index contributed by atoms with van der Waals surface area (Å²) in [5.41, 5.74) is -0.282. The molecule has 0 saturated carbocycles. The van der Waals surface area contributed by atoms with Crippen LogP contribution in [0, 0.1) is 0 Å². The van der Waals surface area contributed by atoms with Crippen LogP contribution in [0.25, 0.3) is 0 Å². The Balaban J connectivity index is 2.78. The fourth-order valence-electron chi connectivity index (χ4n) is 1.15. The number of nitrogens with one attached hydrogen (secondary N) is 2. The monoisotopic (exact) mass is 239 g/mol. The van der Waals surface area contributed by atoms with E-state index in [0.29, 0.717) is 12.1 Å². The molecule has 0 radical (unpaired) electrons. The van der Waals surface area contributed by atoms with E-state index >= 15 is 0 Å². The van der Waals surface area contributed by atoms with Gasteiger partial charge in [-0.2, -0.15) is 0 Å². The Morgan fingerprint density at radius 3 is 2.71 bits per heavy atom. The molecule has 0 fully saturated rings. The van der Waals surface area contributed by atoms with Gasteiger partial charge in [-0.15, -0.1) is 0 Å². The highest BCUT2D eigenvalue weighted by Crippen LogP contribution is 2.08. The van der Waals surface area contributed by atoms with Gasteiger partial charge in [-0.1, -0.05) is 6.92 Å². The number of carbonyl (C=O) groups is 1. The topological polar surface area (TPSA) is 84.1 Å². The van der Waals surface area contributed by atoms with Gasteiger partial charge in [0.15, 0.2) is 0 Å². The molecule has 17 heavy (non-hydrogen) atoms. The highest BCUT2D eigenvalue weighted by Gasteiger charge is 2.16. The molecule has 0 aliphatic rings. The summed E-state index contributed by atoms with van der Waals surface area (Å²) in [6, 6.07) is 1.39. The van der Waals surface area contributed by atoms with Crippen molar-refractivity contribution in [3.05, 3.63) is 22.1 Å². The van der Waals surface area contributed by atoms with Crippen molar-refractivity contribution in [1.29, 1.82) is 0 Å². The molecular weight excluding hydrogens is 222 g/mol. The molecule has 1 aromatic heterocycles. The van der Waals surface area contributed by atoms with Crippen LogP contribution in [0.1, 0.15) is 33.4 Å². The van der Waals surface area contributed by atoms with Crippen LogP contribution in [-0.2, 0) is 11.2 Å². The molecule has 0 saturated heterocycles. The number of anilines is 1. The summed E-state index contributed by atoms with van der Waals surface area (Å²) >= 11 is 0. The summed E-state index contributed by atoms with van der Waals surface area (Å²) < 4.78 is 5.04. The summed E-state index contributed by atoms with van der Waals surface area (Å²) in [5.74, 6) is 0.101. The third kappa shape index (κ3) is 4.67. The molecule has 2 N–H and O–H groups in total. The number of aromatic amines is 1. The lowest BCUT2D eigenvalue weighted by Gasteiger charge is -2.19. The highest BCUT2D eigenvalue weighted by molar-refractivity contribution is 5.82. The Kier molecular flexibility index (Phi) is 3.88. The molecule has 0 bridgehead atoms. The number of H-pyrrole nitrogens is 1. The summed E-state index contributed by atoms with van der Waals surface area (Å²) in [6.45, 7) is 7.14. The maximum atomic E-state index is 11.4. The van der Waals surface area contributed by atoms with Crippen LogP contribution >= 0.6 is 0 Å². The number of hydrogen-bond acceptors (Lipinski definition) is 4. The molecule has 0 spiro atoms. The quantitative estimate of drug-likeness (QED) is 0.822. The van der Waals surface area contributed by atoms with Crippen molar-refractivity contribution >= 4 is 12.0 Å². The second-order valence-corrected chi connectivity index (χ2v) is 4.57. The minimum Gasteiger partial charge on any atom is -0.444 e. The number of aryl methyl sites for hydroxylation is 1. The Morgan fingerprint density at radius 2 is 2.18 bits per heavy atom. The first-order valence-corrected chi connectivity index (χ1v) is 5.40. The van der Waals surface area contributed by atoms with Crippen molar-refractivity contribution in [1.82, 2.24) is 9.97 Å². The maximum absolute atomic E-state index is 11.4. The minimum absolute atomic E-state index is 0.101. The fourth-order valence-corrected chi connectivity index (χ4v) is 1.15. The van der Waals surface area contributed by atoms with Crippen molar-refractivity contribution in [3.63, 3.8) is 0 Å². The average molecular weight is 239 g/mol. The number of carbonyl (C=O) groups excluding carboxylic acids is 1. The smallest absolute Gasteiger partial charge is 0.414 e. The normalized spacial score (nSPS) is 11.1. The second kappa shape index (κ2) is 4.99. The zero-order valence-electron chi connectivity index (χ0n) is 10.5. The van der Waals surface area contributed by atoms with E-state index in [1.165, 1.54) is 6.07 Å². The number of ether oxygens (including phenoxy) is 1. The van der Waals surface area contributed by atoms with E-state index in [-0.39, 0.29) is 11.5 Å². The molecule has 0 aromatic carbocycles. The second-order valence-electron chi connectivity index (χ2n) is 4.57. The molecular formula is C11H17N3O3. The van der Waals surface area contributed by atoms with Gasteiger partial charge in [-0.3, -0.25) is 15.1 Å². The third-order valence-electron chi connectivity index (χ3n) is 1.78. The van der Waals surface area contributed by atoms with Crippen molar-refractivity contribution in [2.45, 2.75) is 39.7 Å². The van der Waals surface area contributed by atoms with Gasteiger partial charge >= 0.3 is 6.09 Å². The molecule has 6 nitrogen and oxygen atoms in total. The van der Waals surface area contributed by atoms with Crippen molar-refractivity contribution < 1.29 is 9.53 Å². The van der Waals surface area contributed by atoms with Gasteiger partial charge in [0.05, 0.1) is 0 Å². The third-order valence-corrected chi connectivity index (χ3v) is 1.78. The van der Waals surface area contributed by atoms with Crippen LogP contribution in [0.2, 0.25) is 0 Å². The zero-order chi connectivity index (χ0) is 13.1. The van der Waals surface area contributed by atoms with Crippen molar-refractivity contribution in [3.8, 4) is 0 Å². The van der Waals surface area contributed by atoms with Gasteiger partial charge in [0.2, 0.25) is 5.95 Å². The molecule has 1 amide bonds. The SMILES string of the molecule is CCc1cc(=O)[nH]c(NC(=O)OC(C)(C)C)n1. The van der Waals surface area contributed by atoms with E-state index in [9.17, 15) is 9.59 Å². The Labute approximate surface area is 99.4 Å². The van der Waals surface area contributed by atoms with E-state index in [0.717, 1.165) is 0 Å². The van der Waals surface area contributed by atoms with Crippen LogP contribution in [0.5, 0.6) is 0 Å². The lowest BCUT2D eigenvalue weighted by atomic mass is 10.2. The largest absolute Gasteiger partial charge is 0.444 e. The molecule has 0 aliphatic heterocycles. The number of rotatable bonds is 2. The summed E-state index contributed by atoms with van der Waals surface area (Å²) in [5, 5.41) is 2.39. The van der Waals surface area contributed by atoms with Crippen LogP contribution in [-0.4, -0.2) is 21.7 Å². The van der Waals surface area contributed by atoms with Gasteiger partial charge in [-0.25, -0.2) is 9.78 Å². The van der Waals surface area contributed by atoms with Gasteiger partial charge in [0.1, 0.15) is 5.60 Å². The zero-order valence-corrected chi connectivity index (χ0v) is 10.5. The molecule has 0 aliphatic carbocycles. The minimum atomic E-state index is -0.645.